The Morgan fingerprint density at radius 1 is 1.37 bits per heavy atom. The minimum absolute atomic E-state index is 0.0652. The summed E-state index contributed by atoms with van der Waals surface area (Å²) < 4.78 is 7.02. The molecule has 0 saturated heterocycles. The molecule has 0 aliphatic carbocycles. The van der Waals surface area contributed by atoms with Crippen molar-refractivity contribution in [2.45, 2.75) is 33.2 Å². The maximum atomic E-state index is 12.5. The molecule has 2 heterocycles. The van der Waals surface area contributed by atoms with E-state index in [0.717, 1.165) is 36.5 Å². The summed E-state index contributed by atoms with van der Waals surface area (Å²) in [5, 5.41) is 0.669. The van der Waals surface area contributed by atoms with Crippen LogP contribution in [0.15, 0.2) is 23.0 Å². The van der Waals surface area contributed by atoms with Gasteiger partial charge in [-0.3, -0.25) is 9.36 Å². The first kappa shape index (κ1) is 12.2. The lowest BCUT2D eigenvalue weighted by Gasteiger charge is -2.31. The molecule has 3 rings (SSSR count). The molecule has 0 N–H and O–H groups in total. The minimum atomic E-state index is 0.0652. The molecular formula is C15H18N2O2. The number of hydrogen-bond donors (Lipinski definition) is 0. The van der Waals surface area contributed by atoms with Crippen molar-refractivity contribution in [2.75, 3.05) is 7.11 Å². The SMILES string of the molecule is COc1ccc2c(=O)n3c(nc2c1)CCC(C)(C)C3. The normalized spacial score (nSPS) is 17.2. The van der Waals surface area contributed by atoms with E-state index in [2.05, 4.69) is 18.8 Å². The van der Waals surface area contributed by atoms with Crippen LogP contribution in [-0.4, -0.2) is 16.7 Å². The van der Waals surface area contributed by atoms with Gasteiger partial charge in [0.2, 0.25) is 0 Å². The molecule has 100 valence electrons. The van der Waals surface area contributed by atoms with Crippen LogP contribution in [0.5, 0.6) is 5.75 Å². The third-order valence-corrected chi connectivity index (χ3v) is 3.85. The second-order valence-corrected chi connectivity index (χ2v) is 5.97. The average Bonchev–Trinajstić information content (AvgIpc) is 2.39. The van der Waals surface area contributed by atoms with E-state index >= 15 is 0 Å². The van der Waals surface area contributed by atoms with E-state index in [1.807, 2.05) is 16.7 Å². The third kappa shape index (κ3) is 2.01. The summed E-state index contributed by atoms with van der Waals surface area (Å²) in [5.41, 5.74) is 0.962. The van der Waals surface area contributed by atoms with Gasteiger partial charge in [0.1, 0.15) is 11.6 Å². The smallest absolute Gasteiger partial charge is 0.261 e. The highest BCUT2D eigenvalue weighted by molar-refractivity contribution is 5.79. The van der Waals surface area contributed by atoms with Gasteiger partial charge in [0.05, 0.1) is 18.0 Å². The molecule has 0 unspecified atom stereocenters. The van der Waals surface area contributed by atoms with Crippen LogP contribution in [0.4, 0.5) is 0 Å². The lowest BCUT2D eigenvalue weighted by atomic mass is 9.85. The molecule has 19 heavy (non-hydrogen) atoms. The fraction of sp³-hybridized carbons (Fsp3) is 0.467. The van der Waals surface area contributed by atoms with Crippen LogP contribution in [0.3, 0.4) is 0 Å². The fourth-order valence-corrected chi connectivity index (χ4v) is 2.68. The van der Waals surface area contributed by atoms with Gasteiger partial charge in [-0.15, -0.1) is 0 Å². The molecule has 1 aromatic carbocycles. The molecule has 0 saturated carbocycles. The number of hydrogen-bond acceptors (Lipinski definition) is 3. The molecule has 0 bridgehead atoms. The number of rotatable bonds is 1. The maximum absolute atomic E-state index is 12.5. The Morgan fingerprint density at radius 2 is 2.16 bits per heavy atom. The Bertz CT molecular complexity index is 701. The maximum Gasteiger partial charge on any atom is 0.261 e. The fourth-order valence-electron chi connectivity index (χ4n) is 2.68. The summed E-state index contributed by atoms with van der Waals surface area (Å²) in [6, 6.07) is 5.45. The minimum Gasteiger partial charge on any atom is -0.497 e. The number of aryl methyl sites for hydroxylation is 1. The highest BCUT2D eigenvalue weighted by Crippen LogP contribution is 2.29. The lowest BCUT2D eigenvalue weighted by molar-refractivity contribution is 0.240. The van der Waals surface area contributed by atoms with Crippen LogP contribution in [0.2, 0.25) is 0 Å². The van der Waals surface area contributed by atoms with Crippen LogP contribution < -0.4 is 10.3 Å². The van der Waals surface area contributed by atoms with Gasteiger partial charge in [0.25, 0.3) is 5.56 Å². The summed E-state index contributed by atoms with van der Waals surface area (Å²) in [7, 11) is 1.62. The largest absolute Gasteiger partial charge is 0.497 e. The number of nitrogens with zero attached hydrogens (tertiary/aromatic N) is 2. The van der Waals surface area contributed by atoms with Crippen molar-refractivity contribution >= 4 is 10.9 Å². The molecule has 4 heteroatoms. The number of ether oxygens (including phenoxy) is 1. The Labute approximate surface area is 112 Å². The van der Waals surface area contributed by atoms with E-state index in [1.54, 1.807) is 13.2 Å². The first-order valence-corrected chi connectivity index (χ1v) is 6.58. The van der Waals surface area contributed by atoms with Gasteiger partial charge in [-0.05, 0) is 24.0 Å². The molecule has 2 aromatic rings. The molecule has 0 atom stereocenters. The van der Waals surface area contributed by atoms with Crippen molar-refractivity contribution in [3.8, 4) is 5.75 Å². The third-order valence-electron chi connectivity index (χ3n) is 3.85. The summed E-state index contributed by atoms with van der Waals surface area (Å²) in [5.74, 6) is 1.63. The van der Waals surface area contributed by atoms with Gasteiger partial charge in [-0.1, -0.05) is 13.8 Å². The molecule has 0 radical (unpaired) electrons. The highest BCUT2D eigenvalue weighted by atomic mass is 16.5. The van der Waals surface area contributed by atoms with Crippen molar-refractivity contribution in [3.05, 3.63) is 34.4 Å². The van der Waals surface area contributed by atoms with Gasteiger partial charge >= 0.3 is 0 Å². The zero-order valence-corrected chi connectivity index (χ0v) is 11.6. The Balaban J connectivity index is 2.25. The second kappa shape index (κ2) is 4.08. The predicted octanol–water partition coefficient (Wildman–Crippen LogP) is 2.38. The quantitative estimate of drug-likeness (QED) is 0.788. The Morgan fingerprint density at radius 3 is 2.89 bits per heavy atom. The summed E-state index contributed by atoms with van der Waals surface area (Å²) >= 11 is 0. The van der Waals surface area contributed by atoms with E-state index in [4.69, 9.17) is 4.74 Å². The summed E-state index contributed by atoms with van der Waals surface area (Å²) in [6.45, 7) is 5.14. The first-order chi connectivity index (χ1) is 9.00. The number of benzene rings is 1. The van der Waals surface area contributed by atoms with E-state index < -0.39 is 0 Å². The van der Waals surface area contributed by atoms with Crippen LogP contribution in [0, 0.1) is 5.41 Å². The standard InChI is InChI=1S/C15H18N2O2/c1-15(2)7-6-13-16-12-8-10(19-3)4-5-11(12)14(18)17(13)9-15/h4-5,8H,6-7,9H2,1-3H3. The van der Waals surface area contributed by atoms with E-state index in [-0.39, 0.29) is 11.0 Å². The van der Waals surface area contributed by atoms with Crippen molar-refractivity contribution < 1.29 is 4.74 Å². The van der Waals surface area contributed by atoms with Gasteiger partial charge in [0.15, 0.2) is 0 Å². The van der Waals surface area contributed by atoms with Gasteiger partial charge < -0.3 is 4.74 Å². The zero-order valence-electron chi connectivity index (χ0n) is 11.6. The lowest BCUT2D eigenvalue weighted by Crippen LogP contribution is -2.36. The van der Waals surface area contributed by atoms with Crippen molar-refractivity contribution in [1.29, 1.82) is 0 Å². The summed E-state index contributed by atoms with van der Waals surface area (Å²) in [6.07, 6.45) is 1.92. The van der Waals surface area contributed by atoms with Crippen molar-refractivity contribution in [1.82, 2.24) is 9.55 Å². The Hall–Kier alpha value is -1.84. The van der Waals surface area contributed by atoms with E-state index in [9.17, 15) is 4.79 Å². The van der Waals surface area contributed by atoms with Crippen molar-refractivity contribution in [3.63, 3.8) is 0 Å². The zero-order chi connectivity index (χ0) is 13.6. The second-order valence-electron chi connectivity index (χ2n) is 5.97. The molecule has 0 fully saturated rings. The average molecular weight is 258 g/mol. The summed E-state index contributed by atoms with van der Waals surface area (Å²) in [4.78, 5) is 17.2. The van der Waals surface area contributed by atoms with E-state index in [0.29, 0.717) is 5.39 Å². The molecular weight excluding hydrogens is 240 g/mol. The molecule has 0 amide bonds. The van der Waals surface area contributed by atoms with E-state index in [1.165, 1.54) is 0 Å². The van der Waals surface area contributed by atoms with Crippen LogP contribution in [-0.2, 0) is 13.0 Å². The van der Waals surface area contributed by atoms with Gasteiger partial charge in [0, 0.05) is 19.0 Å². The van der Waals surface area contributed by atoms with Crippen molar-refractivity contribution in [2.24, 2.45) is 5.41 Å². The monoisotopic (exact) mass is 258 g/mol. The topological polar surface area (TPSA) is 44.1 Å². The molecule has 1 aliphatic rings. The number of methoxy groups -OCH3 is 1. The van der Waals surface area contributed by atoms with Crippen LogP contribution >= 0.6 is 0 Å². The van der Waals surface area contributed by atoms with Crippen LogP contribution in [0.1, 0.15) is 26.1 Å². The number of aromatic nitrogens is 2. The predicted molar refractivity (Wildman–Crippen MR) is 74.7 cm³/mol. The van der Waals surface area contributed by atoms with Gasteiger partial charge in [-0.25, -0.2) is 4.98 Å². The molecule has 1 aromatic heterocycles. The molecule has 1 aliphatic heterocycles. The number of fused-ring (bicyclic) bond motifs is 2. The van der Waals surface area contributed by atoms with Crippen LogP contribution in [0.25, 0.3) is 10.9 Å². The highest BCUT2D eigenvalue weighted by Gasteiger charge is 2.27. The Kier molecular flexibility index (Phi) is 2.62. The molecule has 4 nitrogen and oxygen atoms in total. The molecule has 0 spiro atoms. The van der Waals surface area contributed by atoms with Gasteiger partial charge in [-0.2, -0.15) is 0 Å². The first-order valence-electron chi connectivity index (χ1n) is 6.58.